The van der Waals surface area contributed by atoms with Crippen LogP contribution in [-0.2, 0) is 4.74 Å². The first-order valence-corrected chi connectivity index (χ1v) is 7.01. The highest BCUT2D eigenvalue weighted by molar-refractivity contribution is 4.99. The minimum Gasteiger partial charge on any atom is -0.372 e. The van der Waals surface area contributed by atoms with Crippen LogP contribution in [0, 0.1) is 5.92 Å². The Hall–Kier alpha value is -0.120. The van der Waals surface area contributed by atoms with Crippen LogP contribution in [0.15, 0.2) is 0 Å². The zero-order chi connectivity index (χ0) is 10.5. The van der Waals surface area contributed by atoms with Gasteiger partial charge in [0.05, 0.1) is 12.2 Å². The Morgan fingerprint density at radius 2 is 1.88 bits per heavy atom. The Labute approximate surface area is 97.5 Å². The zero-order valence-electron chi connectivity index (χ0n) is 9.90. The van der Waals surface area contributed by atoms with Gasteiger partial charge in [-0.1, -0.05) is 0 Å². The number of hydrogen-bond donors (Lipinski definition) is 1. The van der Waals surface area contributed by atoms with Crippen molar-refractivity contribution in [3.8, 4) is 0 Å². The molecular weight excluding hydrogens is 200 g/mol. The fourth-order valence-electron chi connectivity index (χ4n) is 4.32. The maximum Gasteiger partial charge on any atom is 0.0707 e. The number of morpholine rings is 1. The van der Waals surface area contributed by atoms with Gasteiger partial charge in [-0.05, 0) is 38.0 Å². The molecule has 0 amide bonds. The molecule has 4 aliphatic rings. The van der Waals surface area contributed by atoms with Crippen LogP contribution in [0.3, 0.4) is 0 Å². The summed E-state index contributed by atoms with van der Waals surface area (Å²) in [5, 5.41) is 3.75. The molecule has 0 aromatic heterocycles. The van der Waals surface area contributed by atoms with Gasteiger partial charge in [0.2, 0.25) is 0 Å². The van der Waals surface area contributed by atoms with Crippen molar-refractivity contribution in [1.29, 1.82) is 0 Å². The summed E-state index contributed by atoms with van der Waals surface area (Å²) in [4.78, 5) is 2.68. The van der Waals surface area contributed by atoms with Gasteiger partial charge in [0.25, 0.3) is 0 Å². The van der Waals surface area contributed by atoms with E-state index < -0.39 is 0 Å². The molecule has 4 bridgehead atoms. The topological polar surface area (TPSA) is 24.5 Å². The van der Waals surface area contributed by atoms with Crippen LogP contribution < -0.4 is 5.32 Å². The number of hydrogen-bond acceptors (Lipinski definition) is 3. The molecule has 16 heavy (non-hydrogen) atoms. The predicted molar refractivity (Wildman–Crippen MR) is 62.4 cm³/mol. The molecule has 4 saturated heterocycles. The summed E-state index contributed by atoms with van der Waals surface area (Å²) in [6.07, 6.45) is 8.00. The normalized spacial score (nSPS) is 51.4. The monoisotopic (exact) mass is 222 g/mol. The number of nitrogens with zero attached hydrogens (tertiary/aromatic N) is 1. The van der Waals surface area contributed by atoms with Gasteiger partial charge in [0, 0.05) is 31.7 Å². The second-order valence-electron chi connectivity index (χ2n) is 6.22. The molecule has 1 N–H and O–H groups in total. The second-order valence-corrected chi connectivity index (χ2v) is 6.22. The third kappa shape index (κ3) is 1.60. The molecule has 4 rings (SSSR count). The highest BCUT2D eigenvalue weighted by Crippen LogP contribution is 2.35. The minimum atomic E-state index is 0.560. The largest absolute Gasteiger partial charge is 0.372 e. The highest BCUT2D eigenvalue weighted by Gasteiger charge is 2.41. The van der Waals surface area contributed by atoms with E-state index in [1.54, 1.807) is 0 Å². The van der Waals surface area contributed by atoms with E-state index in [1.165, 1.54) is 51.7 Å². The van der Waals surface area contributed by atoms with E-state index in [2.05, 4.69) is 10.2 Å². The van der Waals surface area contributed by atoms with E-state index in [9.17, 15) is 0 Å². The van der Waals surface area contributed by atoms with Crippen molar-refractivity contribution in [3.63, 3.8) is 0 Å². The number of likely N-dealkylation sites (tertiary alicyclic amines) is 1. The van der Waals surface area contributed by atoms with Crippen molar-refractivity contribution in [3.05, 3.63) is 0 Å². The fraction of sp³-hybridized carbons (Fsp3) is 1.00. The molecule has 0 radical (unpaired) electrons. The second kappa shape index (κ2) is 3.69. The average molecular weight is 222 g/mol. The minimum absolute atomic E-state index is 0.560. The summed E-state index contributed by atoms with van der Waals surface area (Å²) in [5.74, 6) is 0.927. The predicted octanol–water partition coefficient (Wildman–Crippen LogP) is 0.990. The summed E-state index contributed by atoms with van der Waals surface area (Å²) in [6.45, 7) is 3.72. The van der Waals surface area contributed by atoms with Crippen LogP contribution in [-0.4, -0.2) is 48.8 Å². The lowest BCUT2D eigenvalue weighted by Crippen LogP contribution is -2.46. The number of fused-ring (bicyclic) bond motifs is 4. The van der Waals surface area contributed by atoms with Gasteiger partial charge in [-0.25, -0.2) is 0 Å². The molecule has 4 fully saturated rings. The Balaban J connectivity index is 1.37. The Morgan fingerprint density at radius 3 is 2.50 bits per heavy atom. The van der Waals surface area contributed by atoms with Crippen LogP contribution in [0.5, 0.6) is 0 Å². The van der Waals surface area contributed by atoms with E-state index in [0.717, 1.165) is 18.0 Å². The third-order valence-corrected chi connectivity index (χ3v) is 5.04. The van der Waals surface area contributed by atoms with Crippen molar-refractivity contribution in [2.75, 3.05) is 19.6 Å². The molecule has 0 spiro atoms. The quantitative estimate of drug-likeness (QED) is 0.754. The molecule has 5 unspecified atom stereocenters. The van der Waals surface area contributed by atoms with Crippen LogP contribution in [0.25, 0.3) is 0 Å². The van der Waals surface area contributed by atoms with Gasteiger partial charge < -0.3 is 10.1 Å². The Bertz CT molecular complexity index is 271. The number of rotatable bonds is 2. The molecule has 0 aromatic rings. The maximum absolute atomic E-state index is 5.90. The number of ether oxygens (including phenoxy) is 1. The molecule has 5 atom stereocenters. The molecule has 3 heteroatoms. The van der Waals surface area contributed by atoms with Gasteiger partial charge in [-0.3, -0.25) is 4.90 Å². The first-order chi connectivity index (χ1) is 7.87. The molecule has 90 valence electrons. The summed E-state index contributed by atoms with van der Waals surface area (Å²) < 4.78 is 5.90. The molecular formula is C13H22N2O. The van der Waals surface area contributed by atoms with E-state index in [-0.39, 0.29) is 0 Å². The van der Waals surface area contributed by atoms with Gasteiger partial charge in [0.1, 0.15) is 0 Å². The smallest absolute Gasteiger partial charge is 0.0707 e. The summed E-state index contributed by atoms with van der Waals surface area (Å²) in [6, 6.07) is 1.69. The molecule has 4 aliphatic heterocycles. The van der Waals surface area contributed by atoms with Crippen LogP contribution in [0.2, 0.25) is 0 Å². The lowest BCUT2D eigenvalue weighted by atomic mass is 9.88. The lowest BCUT2D eigenvalue weighted by Gasteiger charge is -2.35. The van der Waals surface area contributed by atoms with Crippen LogP contribution in [0.4, 0.5) is 0 Å². The Morgan fingerprint density at radius 1 is 1.06 bits per heavy atom. The standard InChI is InChI=1S/C13H22N2O/c1-4-13-9(5-10(1)14-13)6-15-7-11-2-3-12(8-15)16-11/h9-14H,1-8H2. The van der Waals surface area contributed by atoms with Gasteiger partial charge >= 0.3 is 0 Å². The summed E-state index contributed by atoms with van der Waals surface area (Å²) in [7, 11) is 0. The summed E-state index contributed by atoms with van der Waals surface area (Å²) in [5.41, 5.74) is 0. The molecule has 0 aromatic carbocycles. The van der Waals surface area contributed by atoms with Crippen molar-refractivity contribution in [2.45, 2.75) is 56.4 Å². The van der Waals surface area contributed by atoms with Gasteiger partial charge in [-0.15, -0.1) is 0 Å². The Kier molecular flexibility index (Phi) is 2.27. The van der Waals surface area contributed by atoms with E-state index in [1.807, 2.05) is 0 Å². The van der Waals surface area contributed by atoms with Crippen LogP contribution in [0.1, 0.15) is 32.1 Å². The maximum atomic E-state index is 5.90. The molecule has 0 aliphatic carbocycles. The third-order valence-electron chi connectivity index (χ3n) is 5.04. The van der Waals surface area contributed by atoms with Gasteiger partial charge in [0.15, 0.2) is 0 Å². The van der Waals surface area contributed by atoms with E-state index in [0.29, 0.717) is 12.2 Å². The molecule has 0 saturated carbocycles. The lowest BCUT2D eigenvalue weighted by molar-refractivity contribution is -0.0433. The van der Waals surface area contributed by atoms with Crippen molar-refractivity contribution in [2.24, 2.45) is 5.92 Å². The van der Waals surface area contributed by atoms with Gasteiger partial charge in [-0.2, -0.15) is 0 Å². The average Bonchev–Trinajstić information content (AvgIpc) is 2.94. The van der Waals surface area contributed by atoms with E-state index in [4.69, 9.17) is 4.74 Å². The van der Waals surface area contributed by atoms with Crippen molar-refractivity contribution in [1.82, 2.24) is 10.2 Å². The first-order valence-electron chi connectivity index (χ1n) is 7.01. The first kappa shape index (κ1) is 9.86. The molecule has 3 nitrogen and oxygen atoms in total. The van der Waals surface area contributed by atoms with Crippen molar-refractivity contribution < 1.29 is 4.74 Å². The van der Waals surface area contributed by atoms with Crippen LogP contribution >= 0.6 is 0 Å². The fourth-order valence-corrected chi connectivity index (χ4v) is 4.32. The SMILES string of the molecule is C1CC2NC1CC2CN1CC2CCC(C1)O2. The zero-order valence-corrected chi connectivity index (χ0v) is 9.90. The number of nitrogens with one attached hydrogen (secondary N) is 1. The highest BCUT2D eigenvalue weighted by atomic mass is 16.5. The van der Waals surface area contributed by atoms with E-state index >= 15 is 0 Å². The molecule has 4 heterocycles. The summed E-state index contributed by atoms with van der Waals surface area (Å²) >= 11 is 0. The van der Waals surface area contributed by atoms with Crippen molar-refractivity contribution >= 4 is 0 Å².